The molecule has 2 heterocycles. The highest BCUT2D eigenvalue weighted by molar-refractivity contribution is 6.10. The van der Waals surface area contributed by atoms with Crippen molar-refractivity contribution in [2.24, 2.45) is 56.8 Å². The van der Waals surface area contributed by atoms with Crippen molar-refractivity contribution in [3.63, 3.8) is 0 Å². The Morgan fingerprint density at radius 3 is 1.32 bits per heavy atom. The van der Waals surface area contributed by atoms with Crippen LogP contribution in [0.25, 0.3) is 21.5 Å². The van der Waals surface area contributed by atoms with Crippen LogP contribution in [0.3, 0.4) is 0 Å². The van der Waals surface area contributed by atoms with Gasteiger partial charge in [-0.1, -0.05) is 85.7 Å². The van der Waals surface area contributed by atoms with Gasteiger partial charge in [0.25, 0.3) is 0 Å². The third-order valence-electron chi connectivity index (χ3n) is 24.1. The molecule has 2 aliphatic heterocycles. The van der Waals surface area contributed by atoms with Gasteiger partial charge in [0.15, 0.2) is 58.9 Å². The normalized spacial score (nSPS) is 37.9. The van der Waals surface area contributed by atoms with E-state index in [0.29, 0.717) is 69.5 Å². The van der Waals surface area contributed by atoms with E-state index in [9.17, 15) is 19.8 Å². The maximum atomic E-state index is 18.2. The second-order valence-electron chi connectivity index (χ2n) is 29.6. The predicted molar refractivity (Wildman–Crippen MR) is 341 cm³/mol. The average molecular weight is 1310 g/mol. The molecule has 0 spiro atoms. The molecule has 21 heteroatoms. The van der Waals surface area contributed by atoms with E-state index >= 15 is 28.0 Å². The number of carbonyl (C=O) groups excluding carboxylic acids is 7. The molecule has 6 unspecified atom stereocenters. The van der Waals surface area contributed by atoms with Crippen LogP contribution in [0.15, 0.2) is 108 Å². The molecule has 8 aliphatic carbocycles. The number of amides is 2. The van der Waals surface area contributed by atoms with Gasteiger partial charge >= 0.3 is 18.0 Å². The predicted octanol–water partition coefficient (Wildman–Crippen LogP) is 9.82. The van der Waals surface area contributed by atoms with E-state index in [4.69, 9.17) is 42.7 Å². The summed E-state index contributed by atoms with van der Waals surface area (Å²) in [6.07, 6.45) is 5.54. The standard InChI is InChI=1S/C73H78F2O16.CH4N2O/c1-64(2)88-56-32-50-48-21-19-42-30-44(76)23-25-66(42,5)70(48,74)52(78)34-68(50,7)72(56,90-64)54(80)36-86-62(82)58-46-17-13-11-15-38(46)27-40(60(58)84-9)29-41-28-39-16-12-14-18-47(39)59(61(41)85-10)63(83)87-37-55(81)73-57(89-65(3,4)91-73)33-51-49-22-20-43-31-45(77)24-26-67(43,6)71(49,75)53(79)35-69(51,73)8;2-1(3)4/h11-18,23-28,30-31,48-53,56-57,78-79H,19-22,29,32-37H2,1-10H3;(H4,2,3,4)/t48?,49?,50?,51?,52-,53+,56-,57-,66-,67-,68-,69-,70?,71?,72+,73+;/m0./s1. The fourth-order valence-corrected chi connectivity index (χ4v) is 20.4. The average Bonchev–Trinajstić information content (AvgIpc) is 1.56. The Hall–Kier alpha value is -7.53. The minimum atomic E-state index is -2.18. The van der Waals surface area contributed by atoms with E-state index in [2.05, 4.69) is 11.5 Å². The SMILES string of the molecule is COc1c(Cc2cc3ccccc3c(C(=O)OCC(=O)[C@@]34OC(C)(C)O[C@H]3CC3C5CCC6=CC(=O)C=C[C@]6(C)C5(F)[C@@H](O)C[C@@]34C)c2OC)cc2ccccc2c1C(=O)OCC(=O)[C@@]12OC(C)(C)O[C@H]1CC1C3CCC4=CC(=O)C=C[C@]4(C)C3(F)[C@H](O)C[C@@]12C.NC(N)=O. The van der Waals surface area contributed by atoms with Crippen molar-refractivity contribution in [2.45, 2.75) is 172 Å². The number of alkyl halides is 2. The van der Waals surface area contributed by atoms with Crippen LogP contribution in [0.1, 0.15) is 139 Å². The molecule has 6 N–H and O–H groups in total. The molecule has 19 nitrogen and oxygen atoms in total. The Labute approximate surface area is 548 Å². The smallest absolute Gasteiger partial charge is 0.343 e. The zero-order chi connectivity index (χ0) is 68.3. The summed E-state index contributed by atoms with van der Waals surface area (Å²) in [4.78, 5) is 94.8. The second kappa shape index (κ2) is 22.3. The highest BCUT2D eigenvalue weighted by atomic mass is 19.1. The van der Waals surface area contributed by atoms with Crippen molar-refractivity contribution < 1.29 is 90.5 Å². The van der Waals surface area contributed by atoms with Gasteiger partial charge in [-0.15, -0.1) is 0 Å². The van der Waals surface area contributed by atoms with Crippen LogP contribution < -0.4 is 20.9 Å². The number of aliphatic hydroxyl groups is 2. The molecule has 14 rings (SSSR count). The molecule has 16 atom stereocenters. The summed E-state index contributed by atoms with van der Waals surface area (Å²) in [7, 11) is 2.82. The molecular formula is C74H82F2N2O17. The van der Waals surface area contributed by atoms with Crippen molar-refractivity contribution >= 4 is 62.6 Å². The van der Waals surface area contributed by atoms with Crippen LogP contribution in [-0.4, -0.2) is 137 Å². The summed E-state index contributed by atoms with van der Waals surface area (Å²) in [5, 5.41) is 26.5. The highest BCUT2D eigenvalue weighted by Gasteiger charge is 2.82. The van der Waals surface area contributed by atoms with Crippen LogP contribution in [-0.2, 0) is 54.0 Å². The summed E-state index contributed by atoms with van der Waals surface area (Å²) < 4.78 is 87.6. The number of hydrogen-bond donors (Lipinski definition) is 4. The number of carbonyl (C=O) groups is 7. The number of nitrogens with two attached hydrogens (primary N) is 2. The number of ether oxygens (including phenoxy) is 8. The quantitative estimate of drug-likeness (QED) is 0.0960. The maximum Gasteiger partial charge on any atom is 0.343 e. The lowest BCUT2D eigenvalue weighted by Crippen LogP contribution is -2.70. The van der Waals surface area contributed by atoms with Gasteiger partial charge in [-0.3, -0.25) is 19.2 Å². The summed E-state index contributed by atoms with van der Waals surface area (Å²) in [5.74, 6) is -8.31. The number of primary amides is 2. The van der Waals surface area contributed by atoms with Crippen molar-refractivity contribution in [3.05, 3.63) is 131 Å². The Balaban J connectivity index is 0.00000199. The molecule has 0 aromatic heterocycles. The second-order valence-corrected chi connectivity index (χ2v) is 29.6. The Morgan fingerprint density at radius 2 is 0.947 bits per heavy atom. The molecule has 4 aromatic rings. The zero-order valence-electron chi connectivity index (χ0n) is 55.1. The van der Waals surface area contributed by atoms with Gasteiger partial charge in [0.05, 0.1) is 38.6 Å². The molecule has 2 saturated heterocycles. The minimum Gasteiger partial charge on any atom is -0.496 e. The number of halogens is 2. The molecule has 504 valence electrons. The van der Waals surface area contributed by atoms with E-state index in [1.165, 1.54) is 38.5 Å². The number of esters is 2. The van der Waals surface area contributed by atoms with E-state index in [-0.39, 0.29) is 66.3 Å². The lowest BCUT2D eigenvalue weighted by Gasteiger charge is -2.62. The third-order valence-corrected chi connectivity index (χ3v) is 24.1. The number of ketones is 4. The number of Topliss-reactive ketones (excluding diaryl/α,β-unsaturated/α-hetero) is 2. The molecule has 6 saturated carbocycles. The fraction of sp³-hybridized carbons (Fsp3) is 0.527. The van der Waals surface area contributed by atoms with Crippen LogP contribution in [0.2, 0.25) is 0 Å². The largest absolute Gasteiger partial charge is 0.496 e. The van der Waals surface area contributed by atoms with Gasteiger partial charge in [0.1, 0.15) is 22.6 Å². The van der Waals surface area contributed by atoms with Crippen LogP contribution in [0, 0.1) is 45.3 Å². The number of benzene rings is 4. The molecule has 2 amide bonds. The fourth-order valence-electron chi connectivity index (χ4n) is 20.4. The number of fused-ring (bicyclic) bond motifs is 16. The topological polar surface area (TPSA) is 286 Å². The first-order chi connectivity index (χ1) is 44.6. The first-order valence-corrected chi connectivity index (χ1v) is 32.7. The lowest BCUT2D eigenvalue weighted by atomic mass is 9.44. The molecule has 0 bridgehead atoms. The van der Waals surface area contributed by atoms with Gasteiger partial charge in [0, 0.05) is 51.0 Å². The van der Waals surface area contributed by atoms with Crippen molar-refractivity contribution in [1.82, 2.24) is 0 Å². The molecular weight excluding hydrogens is 1230 g/mol. The van der Waals surface area contributed by atoms with Gasteiger partial charge in [-0.05, 0) is 163 Å². The summed E-state index contributed by atoms with van der Waals surface area (Å²) in [6, 6.07) is 17.1. The third kappa shape index (κ3) is 9.24. The van der Waals surface area contributed by atoms with Gasteiger partial charge < -0.3 is 59.6 Å². The summed E-state index contributed by atoms with van der Waals surface area (Å²) in [5.41, 5.74) is -2.09. The van der Waals surface area contributed by atoms with Gasteiger partial charge in [-0.2, -0.15) is 0 Å². The molecule has 8 fully saturated rings. The first kappa shape index (κ1) is 66.1. The monoisotopic (exact) mass is 1310 g/mol. The maximum absolute atomic E-state index is 18.2. The van der Waals surface area contributed by atoms with E-state index in [0.717, 1.165) is 0 Å². The molecule has 4 aromatic carbocycles. The van der Waals surface area contributed by atoms with E-state index < -0.39 is 147 Å². The van der Waals surface area contributed by atoms with Gasteiger partial charge in [-0.25, -0.2) is 23.2 Å². The van der Waals surface area contributed by atoms with E-state index in [1.54, 1.807) is 90.1 Å². The van der Waals surface area contributed by atoms with Gasteiger partial charge in [0.2, 0.25) is 11.6 Å². The van der Waals surface area contributed by atoms with Crippen molar-refractivity contribution in [1.29, 1.82) is 0 Å². The molecule has 0 radical (unpaired) electrons. The number of aliphatic hydroxyl groups excluding tert-OH is 2. The van der Waals surface area contributed by atoms with E-state index in [1.807, 2.05) is 38.1 Å². The number of hydrogen-bond acceptors (Lipinski definition) is 17. The zero-order valence-corrected chi connectivity index (χ0v) is 55.1. The Morgan fingerprint density at radius 1 is 0.579 bits per heavy atom. The number of methoxy groups -OCH3 is 2. The highest BCUT2D eigenvalue weighted by Crippen LogP contribution is 2.74. The summed E-state index contributed by atoms with van der Waals surface area (Å²) in [6.45, 7) is 12.4. The van der Waals surface area contributed by atoms with Crippen LogP contribution in [0.4, 0.5) is 13.6 Å². The first-order valence-electron chi connectivity index (χ1n) is 32.7. The van der Waals surface area contributed by atoms with Crippen molar-refractivity contribution in [2.75, 3.05) is 27.4 Å². The van der Waals surface area contributed by atoms with Crippen molar-refractivity contribution in [3.8, 4) is 11.5 Å². The van der Waals surface area contributed by atoms with Crippen LogP contribution in [0.5, 0.6) is 11.5 Å². The number of allylic oxidation sites excluding steroid dienone is 8. The minimum absolute atomic E-state index is 0.00000261. The Bertz CT molecular complexity index is 3880. The lowest BCUT2D eigenvalue weighted by molar-refractivity contribution is -0.246. The molecule has 10 aliphatic rings. The Kier molecular flexibility index (Phi) is 15.5. The summed E-state index contributed by atoms with van der Waals surface area (Å²) >= 11 is 0. The molecule has 95 heavy (non-hydrogen) atoms. The number of rotatable bonds is 12. The van der Waals surface area contributed by atoms with Crippen LogP contribution >= 0.6 is 0 Å². The number of urea groups is 1.